The molecule has 0 fully saturated rings. The summed E-state index contributed by atoms with van der Waals surface area (Å²) in [7, 11) is 1.61. The molecule has 0 saturated carbocycles. The number of nitrogens with zero attached hydrogens (tertiary/aromatic N) is 4. The number of methoxy groups -OCH3 is 1. The smallest absolute Gasteiger partial charge is 0.242 e. The lowest BCUT2D eigenvalue weighted by atomic mass is 10.2. The number of anilines is 2. The second-order valence-corrected chi connectivity index (χ2v) is 10.3. The maximum atomic E-state index is 13.6. The van der Waals surface area contributed by atoms with E-state index in [9.17, 15) is 4.79 Å². The van der Waals surface area contributed by atoms with Crippen molar-refractivity contribution >= 4 is 51.8 Å². The molecule has 5 aromatic rings. The van der Waals surface area contributed by atoms with Gasteiger partial charge in [-0.05, 0) is 36.4 Å². The molecular formula is C28H22N4O3S2. The summed E-state index contributed by atoms with van der Waals surface area (Å²) >= 11 is 3.02. The van der Waals surface area contributed by atoms with Crippen molar-refractivity contribution in [2.24, 2.45) is 0 Å². The normalized spacial score (nSPS) is 12.3. The average Bonchev–Trinajstić information content (AvgIpc) is 3.54. The average molecular weight is 527 g/mol. The van der Waals surface area contributed by atoms with Gasteiger partial charge in [-0.3, -0.25) is 14.3 Å². The van der Waals surface area contributed by atoms with Crippen LogP contribution in [0.25, 0.3) is 22.6 Å². The predicted octanol–water partition coefficient (Wildman–Crippen LogP) is 6.81. The Hall–Kier alpha value is -3.95. The standard InChI is InChI=1S/C28H22N4O3S2/c1-3-15-31-27(22-16-18-9-8-12-21(34-2)26(18)35-22)29-30-28(31)36-17-25(33)32-19-10-4-6-13-23(19)37-24-14-7-5-11-20(24)32/h3-14,16H,1,15,17H2,2H3. The van der Waals surface area contributed by atoms with Gasteiger partial charge in [0.25, 0.3) is 0 Å². The molecule has 1 amide bonds. The minimum Gasteiger partial charge on any atom is -0.493 e. The zero-order valence-corrected chi connectivity index (χ0v) is 21.6. The number of aromatic nitrogens is 3. The Morgan fingerprint density at radius 3 is 2.49 bits per heavy atom. The number of amides is 1. The molecule has 1 aliphatic rings. The molecule has 37 heavy (non-hydrogen) atoms. The topological polar surface area (TPSA) is 73.4 Å². The monoisotopic (exact) mass is 526 g/mol. The van der Waals surface area contributed by atoms with E-state index in [1.54, 1.807) is 29.8 Å². The van der Waals surface area contributed by atoms with Crippen molar-refractivity contribution in [1.29, 1.82) is 0 Å². The molecule has 0 radical (unpaired) electrons. The first-order chi connectivity index (χ1) is 18.2. The summed E-state index contributed by atoms with van der Waals surface area (Å²) < 4.78 is 13.4. The number of benzene rings is 3. The fourth-order valence-corrected chi connectivity index (χ4v) is 6.20. The molecule has 9 heteroatoms. The van der Waals surface area contributed by atoms with Crippen LogP contribution in [-0.2, 0) is 11.3 Å². The molecule has 184 valence electrons. The van der Waals surface area contributed by atoms with Crippen LogP contribution in [0.15, 0.2) is 105 Å². The van der Waals surface area contributed by atoms with Gasteiger partial charge in [-0.25, -0.2) is 0 Å². The Labute approximate surface area is 222 Å². The van der Waals surface area contributed by atoms with Gasteiger partial charge in [-0.2, -0.15) is 0 Å². The van der Waals surface area contributed by atoms with Crippen LogP contribution < -0.4 is 9.64 Å². The van der Waals surface area contributed by atoms with Crippen LogP contribution in [0.2, 0.25) is 0 Å². The number of rotatable bonds is 7. The Morgan fingerprint density at radius 2 is 1.78 bits per heavy atom. The highest BCUT2D eigenvalue weighted by Gasteiger charge is 2.28. The number of ether oxygens (including phenoxy) is 1. The van der Waals surface area contributed by atoms with E-state index >= 15 is 0 Å². The third kappa shape index (κ3) is 4.20. The maximum Gasteiger partial charge on any atom is 0.242 e. The molecule has 0 saturated heterocycles. The molecule has 0 atom stereocenters. The van der Waals surface area contributed by atoms with E-state index in [0.29, 0.717) is 34.6 Å². The molecule has 0 aliphatic carbocycles. The number of allylic oxidation sites excluding steroid dienone is 1. The third-order valence-corrected chi connectivity index (χ3v) is 8.06. The van der Waals surface area contributed by atoms with Gasteiger partial charge < -0.3 is 9.15 Å². The van der Waals surface area contributed by atoms with Gasteiger partial charge in [0.05, 0.1) is 24.2 Å². The number of hydrogen-bond acceptors (Lipinski definition) is 7. The molecule has 3 heterocycles. The summed E-state index contributed by atoms with van der Waals surface area (Å²) in [4.78, 5) is 17.5. The van der Waals surface area contributed by atoms with E-state index in [4.69, 9.17) is 9.15 Å². The van der Waals surface area contributed by atoms with Crippen molar-refractivity contribution in [2.45, 2.75) is 21.5 Å². The van der Waals surface area contributed by atoms with E-state index in [1.807, 2.05) is 77.4 Å². The molecule has 7 nitrogen and oxygen atoms in total. The number of carbonyl (C=O) groups is 1. The van der Waals surface area contributed by atoms with Crippen molar-refractivity contribution in [2.75, 3.05) is 17.8 Å². The summed E-state index contributed by atoms with van der Waals surface area (Å²) in [5.41, 5.74) is 2.43. The van der Waals surface area contributed by atoms with Gasteiger partial charge in [0.2, 0.25) is 11.7 Å². The van der Waals surface area contributed by atoms with E-state index < -0.39 is 0 Å². The van der Waals surface area contributed by atoms with Gasteiger partial charge >= 0.3 is 0 Å². The lowest BCUT2D eigenvalue weighted by Gasteiger charge is -2.30. The van der Waals surface area contributed by atoms with Crippen LogP contribution in [0.1, 0.15) is 0 Å². The Kier molecular flexibility index (Phi) is 6.23. The maximum absolute atomic E-state index is 13.6. The minimum absolute atomic E-state index is 0.0339. The Morgan fingerprint density at radius 1 is 1.05 bits per heavy atom. The molecule has 1 aliphatic heterocycles. The summed E-state index contributed by atoms with van der Waals surface area (Å²) in [6.07, 6.45) is 1.77. The molecule has 0 spiro atoms. The molecule has 6 rings (SSSR count). The van der Waals surface area contributed by atoms with Crippen LogP contribution in [0.4, 0.5) is 11.4 Å². The second-order valence-electron chi connectivity index (χ2n) is 8.25. The fourth-order valence-electron chi connectivity index (χ4n) is 4.34. The first-order valence-corrected chi connectivity index (χ1v) is 13.4. The van der Waals surface area contributed by atoms with E-state index in [0.717, 1.165) is 26.6 Å². The van der Waals surface area contributed by atoms with Crippen molar-refractivity contribution < 1.29 is 13.9 Å². The first kappa shape index (κ1) is 23.4. The van der Waals surface area contributed by atoms with Gasteiger partial charge in [0.15, 0.2) is 22.2 Å². The van der Waals surface area contributed by atoms with E-state index in [-0.39, 0.29) is 11.7 Å². The second kappa shape index (κ2) is 9.84. The fraction of sp³-hybridized carbons (Fsp3) is 0.107. The summed E-state index contributed by atoms with van der Waals surface area (Å²) in [5.74, 6) is 1.95. The van der Waals surface area contributed by atoms with Crippen molar-refractivity contribution in [3.63, 3.8) is 0 Å². The number of thioether (sulfide) groups is 1. The highest BCUT2D eigenvalue weighted by Crippen LogP contribution is 2.48. The number of para-hydroxylation sites is 3. The zero-order valence-electron chi connectivity index (χ0n) is 20.0. The number of fused-ring (bicyclic) bond motifs is 3. The largest absolute Gasteiger partial charge is 0.493 e. The van der Waals surface area contributed by atoms with Crippen LogP contribution in [0.3, 0.4) is 0 Å². The predicted molar refractivity (Wildman–Crippen MR) is 147 cm³/mol. The van der Waals surface area contributed by atoms with Crippen molar-refractivity contribution in [3.8, 4) is 17.3 Å². The molecular weight excluding hydrogens is 504 g/mol. The lowest BCUT2D eigenvalue weighted by Crippen LogP contribution is -2.30. The van der Waals surface area contributed by atoms with Gasteiger partial charge in [-0.15, -0.1) is 16.8 Å². The minimum atomic E-state index is -0.0339. The summed E-state index contributed by atoms with van der Waals surface area (Å²) in [6, 6.07) is 23.6. The highest BCUT2D eigenvalue weighted by atomic mass is 32.2. The quantitative estimate of drug-likeness (QED) is 0.170. The van der Waals surface area contributed by atoms with Gasteiger partial charge in [-0.1, -0.05) is 66.0 Å². The van der Waals surface area contributed by atoms with Crippen LogP contribution in [0.5, 0.6) is 5.75 Å². The molecule has 0 N–H and O–H groups in total. The first-order valence-electron chi connectivity index (χ1n) is 11.6. The number of carbonyl (C=O) groups excluding carboxylic acids is 1. The molecule has 0 bridgehead atoms. The van der Waals surface area contributed by atoms with Crippen LogP contribution in [0, 0.1) is 0 Å². The zero-order chi connectivity index (χ0) is 25.4. The summed E-state index contributed by atoms with van der Waals surface area (Å²) in [5, 5.41) is 10.3. The Bertz CT molecular complexity index is 1600. The summed E-state index contributed by atoms with van der Waals surface area (Å²) in [6.45, 7) is 4.36. The number of hydrogen-bond donors (Lipinski definition) is 0. The number of furan rings is 1. The lowest BCUT2D eigenvalue weighted by molar-refractivity contribution is -0.115. The van der Waals surface area contributed by atoms with E-state index in [2.05, 4.69) is 16.8 Å². The van der Waals surface area contributed by atoms with Crippen molar-refractivity contribution in [3.05, 3.63) is 85.5 Å². The third-order valence-electron chi connectivity index (χ3n) is 5.98. The van der Waals surface area contributed by atoms with Crippen LogP contribution >= 0.6 is 23.5 Å². The molecule has 0 unspecified atom stereocenters. The molecule has 3 aromatic carbocycles. The van der Waals surface area contributed by atoms with Crippen molar-refractivity contribution in [1.82, 2.24) is 14.8 Å². The SMILES string of the molecule is C=CCn1c(SCC(=O)N2c3ccccc3Sc3ccccc32)nnc1-c1cc2cccc(OC)c2o1. The van der Waals surface area contributed by atoms with E-state index in [1.165, 1.54) is 11.8 Å². The van der Waals surface area contributed by atoms with Gasteiger partial charge in [0.1, 0.15) is 0 Å². The highest BCUT2D eigenvalue weighted by molar-refractivity contribution is 8.00. The Balaban J connectivity index is 1.30. The van der Waals surface area contributed by atoms with Gasteiger partial charge in [0, 0.05) is 21.7 Å². The van der Waals surface area contributed by atoms with Crippen LogP contribution in [-0.4, -0.2) is 33.5 Å². The molecule has 2 aromatic heterocycles.